The fourth-order valence-corrected chi connectivity index (χ4v) is 3.95. The lowest BCUT2D eigenvalue weighted by Crippen LogP contribution is -2.36. The molecule has 4 aromatic heterocycles. The van der Waals surface area contributed by atoms with E-state index < -0.39 is 0 Å². The highest BCUT2D eigenvalue weighted by Gasteiger charge is 2.36. The van der Waals surface area contributed by atoms with Gasteiger partial charge in [0, 0.05) is 31.1 Å². The zero-order valence-electron chi connectivity index (χ0n) is 16.7. The van der Waals surface area contributed by atoms with Crippen LogP contribution in [0.2, 0.25) is 5.02 Å². The van der Waals surface area contributed by atoms with E-state index in [-0.39, 0.29) is 6.04 Å². The minimum Gasteiger partial charge on any atom is -0.402 e. The lowest BCUT2D eigenvalue weighted by Gasteiger charge is -2.32. The van der Waals surface area contributed by atoms with Gasteiger partial charge in [0.2, 0.25) is 0 Å². The Morgan fingerprint density at radius 3 is 3.13 bits per heavy atom. The van der Waals surface area contributed by atoms with Gasteiger partial charge in [-0.05, 0) is 25.1 Å². The van der Waals surface area contributed by atoms with Gasteiger partial charge in [0.1, 0.15) is 11.7 Å². The zero-order valence-corrected chi connectivity index (χ0v) is 17.5. The third kappa shape index (κ3) is 3.32. The quantitative estimate of drug-likeness (QED) is 0.478. The van der Waals surface area contributed by atoms with Crippen LogP contribution in [0, 0.1) is 0 Å². The molecule has 0 aromatic carbocycles. The molecular weight excluding hydrogens is 416 g/mol. The van der Waals surface area contributed by atoms with Gasteiger partial charge in [-0.1, -0.05) is 35.4 Å². The van der Waals surface area contributed by atoms with E-state index in [1.807, 2.05) is 36.2 Å². The van der Waals surface area contributed by atoms with Crippen molar-refractivity contribution in [2.24, 2.45) is 4.99 Å². The standard InChI is InChI=1S/C21H19ClN8O/c1-3-8-23-14(4-2)20-26-27-21(31-20)29-10-7-15-18(25-12-24-15)19(29)16-11-17-13(22)6-5-9-30(17)28-16/h3-6,8-9,11-12,19H,1,7,10H2,2H3,(H,24,25)/b14-4-,23-8?/t19-/m0/s1. The number of nitrogens with one attached hydrogen (secondary N) is 1. The Balaban J connectivity index is 1.59. The fourth-order valence-electron chi connectivity index (χ4n) is 3.74. The molecule has 0 saturated heterocycles. The smallest absolute Gasteiger partial charge is 0.319 e. The van der Waals surface area contributed by atoms with Crippen molar-refractivity contribution in [1.82, 2.24) is 29.8 Å². The molecule has 0 unspecified atom stereocenters. The van der Waals surface area contributed by atoms with E-state index >= 15 is 0 Å². The van der Waals surface area contributed by atoms with Gasteiger partial charge in [0.15, 0.2) is 0 Å². The maximum atomic E-state index is 6.37. The van der Waals surface area contributed by atoms with Crippen LogP contribution in [0.4, 0.5) is 6.01 Å². The van der Waals surface area contributed by atoms with E-state index in [9.17, 15) is 0 Å². The Morgan fingerprint density at radius 1 is 1.42 bits per heavy atom. The highest BCUT2D eigenvalue weighted by atomic mass is 35.5. The number of pyridine rings is 1. The van der Waals surface area contributed by atoms with E-state index in [1.54, 1.807) is 29.2 Å². The number of hydrogen-bond donors (Lipinski definition) is 1. The number of hydrogen-bond acceptors (Lipinski definition) is 7. The van der Waals surface area contributed by atoms with Gasteiger partial charge in [-0.15, -0.1) is 5.10 Å². The number of imidazole rings is 1. The Kier molecular flexibility index (Phi) is 4.87. The van der Waals surface area contributed by atoms with Gasteiger partial charge in [-0.3, -0.25) is 4.99 Å². The van der Waals surface area contributed by atoms with Crippen LogP contribution in [0.5, 0.6) is 0 Å². The molecule has 5 rings (SSSR count). The molecule has 156 valence electrons. The van der Waals surface area contributed by atoms with Crippen LogP contribution < -0.4 is 4.90 Å². The van der Waals surface area contributed by atoms with Crippen LogP contribution in [-0.4, -0.2) is 42.5 Å². The van der Waals surface area contributed by atoms with E-state index in [1.165, 1.54) is 0 Å². The number of aromatic amines is 1. The summed E-state index contributed by atoms with van der Waals surface area (Å²) >= 11 is 6.37. The minimum absolute atomic E-state index is 0.301. The van der Waals surface area contributed by atoms with E-state index in [0.29, 0.717) is 29.2 Å². The lowest BCUT2D eigenvalue weighted by molar-refractivity contribution is 0.487. The largest absolute Gasteiger partial charge is 0.402 e. The van der Waals surface area contributed by atoms with Crippen molar-refractivity contribution < 1.29 is 4.42 Å². The Bertz CT molecular complexity index is 1310. The summed E-state index contributed by atoms with van der Waals surface area (Å²) in [6.45, 7) is 6.16. The van der Waals surface area contributed by atoms with Crippen LogP contribution in [0.1, 0.15) is 35.9 Å². The molecule has 0 spiro atoms. The normalized spacial score (nSPS) is 16.9. The number of halogens is 1. The minimum atomic E-state index is -0.301. The molecular formula is C21H19ClN8O. The summed E-state index contributed by atoms with van der Waals surface area (Å²) in [4.78, 5) is 14.1. The van der Waals surface area contributed by atoms with Crippen LogP contribution in [0.15, 0.2) is 58.9 Å². The van der Waals surface area contributed by atoms with Crippen molar-refractivity contribution in [3.8, 4) is 0 Å². The summed E-state index contributed by atoms with van der Waals surface area (Å²) in [5, 5.41) is 13.9. The van der Waals surface area contributed by atoms with E-state index in [2.05, 4.69) is 31.7 Å². The second-order valence-electron chi connectivity index (χ2n) is 6.94. The Hall–Kier alpha value is -3.72. The van der Waals surface area contributed by atoms with Crippen molar-refractivity contribution in [3.63, 3.8) is 0 Å². The molecule has 0 aliphatic carbocycles. The molecule has 0 saturated carbocycles. The first-order chi connectivity index (χ1) is 15.2. The zero-order chi connectivity index (χ0) is 21.4. The van der Waals surface area contributed by atoms with Crippen LogP contribution in [0.3, 0.4) is 0 Å². The maximum absolute atomic E-state index is 6.37. The number of aromatic nitrogens is 6. The van der Waals surface area contributed by atoms with Crippen molar-refractivity contribution in [3.05, 3.63) is 77.4 Å². The number of anilines is 1. The van der Waals surface area contributed by atoms with Gasteiger partial charge < -0.3 is 14.3 Å². The van der Waals surface area contributed by atoms with Gasteiger partial charge in [-0.25, -0.2) is 9.50 Å². The fraction of sp³-hybridized carbons (Fsp3) is 0.190. The monoisotopic (exact) mass is 434 g/mol. The lowest BCUT2D eigenvalue weighted by atomic mass is 10.0. The molecule has 1 aliphatic heterocycles. The molecule has 1 atom stereocenters. The number of aliphatic imine (C=N–C) groups is 1. The van der Waals surface area contributed by atoms with E-state index in [4.69, 9.17) is 21.1 Å². The third-order valence-electron chi connectivity index (χ3n) is 5.15. The molecule has 0 amide bonds. The number of fused-ring (bicyclic) bond motifs is 2. The first-order valence-corrected chi connectivity index (χ1v) is 10.1. The topological polar surface area (TPSA) is 100 Å². The first kappa shape index (κ1) is 19.3. The van der Waals surface area contributed by atoms with Crippen molar-refractivity contribution in [2.75, 3.05) is 11.4 Å². The SMILES string of the molecule is C=CC=N/C(=C\C)c1nnc(N2CCc3[nH]cnc3[C@@H]2c2cc3c(Cl)cccn3n2)o1. The maximum Gasteiger partial charge on any atom is 0.319 e. The predicted molar refractivity (Wildman–Crippen MR) is 118 cm³/mol. The molecule has 0 radical (unpaired) electrons. The molecule has 0 fully saturated rings. The molecule has 1 N–H and O–H groups in total. The molecule has 4 aromatic rings. The predicted octanol–water partition coefficient (Wildman–Crippen LogP) is 3.86. The van der Waals surface area contributed by atoms with Crippen LogP contribution >= 0.6 is 11.6 Å². The first-order valence-electron chi connectivity index (χ1n) is 9.77. The average Bonchev–Trinajstić information content (AvgIpc) is 3.53. The highest BCUT2D eigenvalue weighted by molar-refractivity contribution is 6.33. The number of rotatable bonds is 5. The summed E-state index contributed by atoms with van der Waals surface area (Å²) in [5.74, 6) is 0.334. The second kappa shape index (κ2) is 7.84. The van der Waals surface area contributed by atoms with Crippen molar-refractivity contribution >= 4 is 35.0 Å². The molecule has 31 heavy (non-hydrogen) atoms. The number of nitrogens with zero attached hydrogens (tertiary/aromatic N) is 7. The van der Waals surface area contributed by atoms with Gasteiger partial charge in [-0.2, -0.15) is 5.10 Å². The van der Waals surface area contributed by atoms with Gasteiger partial charge in [0.05, 0.1) is 28.3 Å². The molecule has 5 heterocycles. The molecule has 0 bridgehead atoms. The molecule has 10 heteroatoms. The van der Waals surface area contributed by atoms with Gasteiger partial charge >= 0.3 is 6.01 Å². The second-order valence-corrected chi connectivity index (χ2v) is 7.35. The van der Waals surface area contributed by atoms with Crippen molar-refractivity contribution in [2.45, 2.75) is 19.4 Å². The number of H-pyrrole nitrogens is 1. The van der Waals surface area contributed by atoms with Crippen molar-refractivity contribution in [1.29, 1.82) is 0 Å². The summed E-state index contributed by atoms with van der Waals surface area (Å²) in [5.41, 5.74) is 4.13. The summed E-state index contributed by atoms with van der Waals surface area (Å²) < 4.78 is 7.76. The van der Waals surface area contributed by atoms with Crippen LogP contribution in [0.25, 0.3) is 11.2 Å². The van der Waals surface area contributed by atoms with Gasteiger partial charge in [0.25, 0.3) is 5.89 Å². The third-order valence-corrected chi connectivity index (χ3v) is 5.47. The Morgan fingerprint density at radius 2 is 2.32 bits per heavy atom. The van der Waals surface area contributed by atoms with E-state index in [0.717, 1.165) is 29.0 Å². The summed E-state index contributed by atoms with van der Waals surface area (Å²) in [7, 11) is 0. The highest BCUT2D eigenvalue weighted by Crippen LogP contribution is 2.37. The average molecular weight is 435 g/mol. The van der Waals surface area contributed by atoms with Crippen LogP contribution in [-0.2, 0) is 6.42 Å². The summed E-state index contributed by atoms with van der Waals surface area (Å²) in [6.07, 6.45) is 9.31. The summed E-state index contributed by atoms with van der Waals surface area (Å²) in [6, 6.07) is 5.74. The molecule has 1 aliphatic rings. The number of allylic oxidation sites excluding steroid dienone is 2. The Labute approximate surface area is 182 Å². The molecule has 9 nitrogen and oxygen atoms in total.